The maximum atomic E-state index is 8.66. The molecule has 0 radical (unpaired) electrons. The lowest BCUT2D eigenvalue weighted by Crippen LogP contribution is -1.96. The van der Waals surface area contributed by atoms with Crippen molar-refractivity contribution in [2.75, 3.05) is 18.1 Å². The van der Waals surface area contributed by atoms with Gasteiger partial charge in [-0.05, 0) is 17.9 Å². The predicted octanol–water partition coefficient (Wildman–Crippen LogP) is 1.75. The molecule has 0 aliphatic rings. The number of aliphatic hydroxyl groups excluding tert-OH is 1. The van der Waals surface area contributed by atoms with Crippen molar-refractivity contribution in [1.29, 1.82) is 0 Å². The van der Waals surface area contributed by atoms with Crippen LogP contribution in [0.4, 0.5) is 5.82 Å². The number of thiophene rings is 1. The van der Waals surface area contributed by atoms with E-state index in [0.717, 1.165) is 22.4 Å². The molecule has 6 heteroatoms. The van der Waals surface area contributed by atoms with Gasteiger partial charge < -0.3 is 10.8 Å². The van der Waals surface area contributed by atoms with Gasteiger partial charge in [0.05, 0.1) is 5.39 Å². The van der Waals surface area contributed by atoms with Crippen LogP contribution in [0.15, 0.2) is 16.6 Å². The summed E-state index contributed by atoms with van der Waals surface area (Å²) in [4.78, 5) is 9.50. The molecule has 3 N–H and O–H groups in total. The van der Waals surface area contributed by atoms with Gasteiger partial charge in [-0.2, -0.15) is 0 Å². The van der Waals surface area contributed by atoms with Crippen molar-refractivity contribution in [3.05, 3.63) is 11.4 Å². The predicted molar refractivity (Wildman–Crippen MR) is 64.3 cm³/mol. The number of thioether (sulfide) groups is 1. The Hall–Kier alpha value is -0.850. The van der Waals surface area contributed by atoms with Crippen LogP contribution in [0.25, 0.3) is 10.2 Å². The molecule has 0 atom stereocenters. The number of fused-ring (bicyclic) bond motifs is 1. The Bertz CT molecular complexity index is 458. The summed E-state index contributed by atoms with van der Waals surface area (Å²) in [5, 5.41) is 12.2. The highest BCUT2D eigenvalue weighted by Crippen LogP contribution is 2.26. The highest BCUT2D eigenvalue weighted by atomic mass is 32.2. The van der Waals surface area contributed by atoms with Crippen molar-refractivity contribution in [3.63, 3.8) is 0 Å². The monoisotopic (exact) mass is 241 g/mol. The first kappa shape index (κ1) is 10.7. The second-order valence-electron chi connectivity index (χ2n) is 2.96. The van der Waals surface area contributed by atoms with E-state index in [4.69, 9.17) is 10.8 Å². The van der Waals surface area contributed by atoms with E-state index in [1.165, 1.54) is 11.8 Å². The molecule has 0 unspecified atom stereocenters. The molecule has 2 rings (SSSR count). The van der Waals surface area contributed by atoms with Gasteiger partial charge in [-0.25, -0.2) is 9.97 Å². The quantitative estimate of drug-likeness (QED) is 0.485. The van der Waals surface area contributed by atoms with Crippen molar-refractivity contribution < 1.29 is 5.11 Å². The number of hydrogen-bond acceptors (Lipinski definition) is 6. The van der Waals surface area contributed by atoms with Gasteiger partial charge in [0, 0.05) is 12.4 Å². The van der Waals surface area contributed by atoms with Crippen LogP contribution in [0.1, 0.15) is 6.42 Å². The Morgan fingerprint density at radius 1 is 1.47 bits per heavy atom. The molecule has 0 aliphatic heterocycles. The standard InChI is InChI=1S/C9H11N3OS2/c10-7-6-2-5-14-8(6)12-9(11-7)15-4-1-3-13/h2,5,13H,1,3-4H2,(H2,10,11,12). The third-order valence-electron chi connectivity index (χ3n) is 1.87. The summed E-state index contributed by atoms with van der Waals surface area (Å²) in [6, 6.07) is 1.93. The van der Waals surface area contributed by atoms with E-state index in [-0.39, 0.29) is 6.61 Å². The Kier molecular flexibility index (Phi) is 3.40. The number of rotatable bonds is 4. The SMILES string of the molecule is Nc1nc(SCCCO)nc2sccc12. The van der Waals surface area contributed by atoms with Gasteiger partial charge in [-0.15, -0.1) is 11.3 Å². The van der Waals surface area contributed by atoms with E-state index in [0.29, 0.717) is 11.0 Å². The van der Waals surface area contributed by atoms with Gasteiger partial charge in [-0.3, -0.25) is 0 Å². The van der Waals surface area contributed by atoms with Crippen LogP contribution in [-0.4, -0.2) is 27.4 Å². The van der Waals surface area contributed by atoms with Crippen LogP contribution >= 0.6 is 23.1 Å². The van der Waals surface area contributed by atoms with Gasteiger partial charge in [-0.1, -0.05) is 11.8 Å². The zero-order valence-electron chi connectivity index (χ0n) is 8.01. The summed E-state index contributed by atoms with van der Waals surface area (Å²) in [6.45, 7) is 0.198. The third-order valence-corrected chi connectivity index (χ3v) is 3.61. The molecular weight excluding hydrogens is 230 g/mol. The molecule has 4 nitrogen and oxygen atoms in total. The second kappa shape index (κ2) is 4.78. The molecule has 2 aromatic rings. The fourth-order valence-corrected chi connectivity index (χ4v) is 2.75. The first-order valence-electron chi connectivity index (χ1n) is 4.55. The molecule has 0 saturated carbocycles. The summed E-state index contributed by atoms with van der Waals surface area (Å²) in [7, 11) is 0. The minimum atomic E-state index is 0.198. The molecule has 15 heavy (non-hydrogen) atoms. The molecule has 0 saturated heterocycles. The maximum Gasteiger partial charge on any atom is 0.190 e. The average molecular weight is 241 g/mol. The molecule has 2 aromatic heterocycles. The zero-order chi connectivity index (χ0) is 10.7. The number of aliphatic hydroxyl groups is 1. The highest BCUT2D eigenvalue weighted by Gasteiger charge is 2.06. The van der Waals surface area contributed by atoms with E-state index in [9.17, 15) is 0 Å². The normalized spacial score (nSPS) is 11.0. The minimum absolute atomic E-state index is 0.198. The average Bonchev–Trinajstić information content (AvgIpc) is 2.66. The zero-order valence-corrected chi connectivity index (χ0v) is 9.64. The van der Waals surface area contributed by atoms with Crippen molar-refractivity contribution in [2.45, 2.75) is 11.6 Å². The fourth-order valence-electron chi connectivity index (χ4n) is 1.15. The maximum absolute atomic E-state index is 8.66. The molecule has 80 valence electrons. The van der Waals surface area contributed by atoms with Gasteiger partial charge >= 0.3 is 0 Å². The highest BCUT2D eigenvalue weighted by molar-refractivity contribution is 7.99. The Balaban J connectivity index is 2.21. The molecule has 0 aliphatic carbocycles. The number of nitrogens with zero attached hydrogens (tertiary/aromatic N) is 2. The number of hydrogen-bond donors (Lipinski definition) is 2. The van der Waals surface area contributed by atoms with Crippen molar-refractivity contribution in [1.82, 2.24) is 9.97 Å². The minimum Gasteiger partial charge on any atom is -0.396 e. The summed E-state index contributed by atoms with van der Waals surface area (Å²) in [5.41, 5.74) is 5.80. The summed E-state index contributed by atoms with van der Waals surface area (Å²) in [5.74, 6) is 1.35. The van der Waals surface area contributed by atoms with Gasteiger partial charge in [0.2, 0.25) is 0 Å². The van der Waals surface area contributed by atoms with E-state index in [1.54, 1.807) is 11.3 Å². The molecule has 2 heterocycles. The van der Waals surface area contributed by atoms with Gasteiger partial charge in [0.25, 0.3) is 0 Å². The Morgan fingerprint density at radius 3 is 3.13 bits per heavy atom. The number of anilines is 1. The van der Waals surface area contributed by atoms with Crippen LogP contribution in [0, 0.1) is 0 Å². The van der Waals surface area contributed by atoms with E-state index in [1.807, 2.05) is 11.4 Å². The lowest BCUT2D eigenvalue weighted by Gasteiger charge is -2.01. The van der Waals surface area contributed by atoms with Crippen LogP contribution in [0.3, 0.4) is 0 Å². The summed E-state index contributed by atoms with van der Waals surface area (Å²) in [6.07, 6.45) is 0.746. The molecular formula is C9H11N3OS2. The molecule has 0 aromatic carbocycles. The smallest absolute Gasteiger partial charge is 0.190 e. The topological polar surface area (TPSA) is 72.0 Å². The molecule has 0 amide bonds. The van der Waals surface area contributed by atoms with E-state index < -0.39 is 0 Å². The first-order chi connectivity index (χ1) is 7.31. The third kappa shape index (κ3) is 2.39. The van der Waals surface area contributed by atoms with Crippen molar-refractivity contribution >= 4 is 39.1 Å². The lowest BCUT2D eigenvalue weighted by atomic mass is 10.4. The van der Waals surface area contributed by atoms with E-state index >= 15 is 0 Å². The van der Waals surface area contributed by atoms with Crippen LogP contribution in [-0.2, 0) is 0 Å². The molecule has 0 spiro atoms. The van der Waals surface area contributed by atoms with Crippen molar-refractivity contribution in [3.8, 4) is 0 Å². The number of aromatic nitrogens is 2. The lowest BCUT2D eigenvalue weighted by molar-refractivity contribution is 0.296. The van der Waals surface area contributed by atoms with Crippen LogP contribution in [0.2, 0.25) is 0 Å². The second-order valence-corrected chi connectivity index (χ2v) is 4.91. The molecule has 0 bridgehead atoms. The van der Waals surface area contributed by atoms with Crippen molar-refractivity contribution in [2.24, 2.45) is 0 Å². The van der Waals surface area contributed by atoms with Crippen LogP contribution in [0.5, 0.6) is 0 Å². The molecule has 0 fully saturated rings. The van der Waals surface area contributed by atoms with E-state index in [2.05, 4.69) is 9.97 Å². The van der Waals surface area contributed by atoms with Crippen LogP contribution < -0.4 is 5.73 Å². The first-order valence-corrected chi connectivity index (χ1v) is 6.42. The largest absolute Gasteiger partial charge is 0.396 e. The Morgan fingerprint density at radius 2 is 2.33 bits per heavy atom. The Labute approximate surface area is 95.5 Å². The van der Waals surface area contributed by atoms with Gasteiger partial charge in [0.15, 0.2) is 5.16 Å². The number of nitrogens with two attached hydrogens (primary N) is 1. The summed E-state index contributed by atoms with van der Waals surface area (Å²) >= 11 is 3.08. The summed E-state index contributed by atoms with van der Waals surface area (Å²) < 4.78 is 0. The number of nitrogen functional groups attached to an aromatic ring is 1. The van der Waals surface area contributed by atoms with Gasteiger partial charge in [0.1, 0.15) is 10.6 Å². The fraction of sp³-hybridized carbons (Fsp3) is 0.333.